The maximum atomic E-state index is 12.4. The van der Waals surface area contributed by atoms with Crippen molar-refractivity contribution in [2.24, 2.45) is 0 Å². The molecule has 7 nitrogen and oxygen atoms in total. The van der Waals surface area contributed by atoms with E-state index in [1.807, 2.05) is 18.2 Å². The maximum absolute atomic E-state index is 12.4. The molecule has 1 fully saturated rings. The highest BCUT2D eigenvalue weighted by Crippen LogP contribution is 2.32. The molecule has 0 unspecified atom stereocenters. The zero-order chi connectivity index (χ0) is 18.8. The molecule has 0 aliphatic carbocycles. The second kappa shape index (κ2) is 7.36. The van der Waals surface area contributed by atoms with E-state index in [2.05, 4.69) is 27.1 Å². The van der Waals surface area contributed by atoms with E-state index in [0.29, 0.717) is 23.9 Å². The first-order valence-electron chi connectivity index (χ1n) is 9.23. The number of rotatable bonds is 5. The first-order valence-corrected chi connectivity index (χ1v) is 9.23. The van der Waals surface area contributed by atoms with Crippen molar-refractivity contribution in [2.75, 3.05) is 13.2 Å². The third kappa shape index (κ3) is 3.38. The van der Waals surface area contributed by atoms with E-state index in [1.165, 1.54) is 22.3 Å². The van der Waals surface area contributed by atoms with E-state index in [0.717, 1.165) is 19.4 Å². The number of nitrogens with zero attached hydrogens (tertiary/aromatic N) is 3. The van der Waals surface area contributed by atoms with Gasteiger partial charge in [-0.05, 0) is 31.9 Å². The number of carbonyl (C=O) groups excluding carboxylic acids is 1. The minimum Gasteiger partial charge on any atom is -0.462 e. The molecule has 3 aromatic rings. The van der Waals surface area contributed by atoms with Crippen LogP contribution in [0.25, 0.3) is 5.65 Å². The van der Waals surface area contributed by atoms with Crippen LogP contribution < -0.4 is 5.56 Å². The van der Waals surface area contributed by atoms with Crippen LogP contribution >= 0.6 is 0 Å². The molecule has 1 atom stereocenters. The zero-order valence-corrected chi connectivity index (χ0v) is 15.2. The molecule has 140 valence electrons. The molecule has 1 saturated heterocycles. The van der Waals surface area contributed by atoms with Crippen LogP contribution in [0.2, 0.25) is 0 Å². The second-order valence-corrected chi connectivity index (χ2v) is 6.69. The van der Waals surface area contributed by atoms with E-state index in [4.69, 9.17) is 4.74 Å². The van der Waals surface area contributed by atoms with Gasteiger partial charge in [0.1, 0.15) is 5.56 Å². The van der Waals surface area contributed by atoms with Gasteiger partial charge >= 0.3 is 5.97 Å². The molecule has 1 aliphatic rings. The number of likely N-dealkylation sites (tertiary alicyclic amines) is 1. The summed E-state index contributed by atoms with van der Waals surface area (Å²) in [5.41, 5.74) is 2.29. The Hall–Kier alpha value is -2.93. The summed E-state index contributed by atoms with van der Waals surface area (Å²) in [5.74, 6) is -0.483. The number of benzene rings is 1. The third-order valence-corrected chi connectivity index (χ3v) is 4.96. The predicted octanol–water partition coefficient (Wildman–Crippen LogP) is 2.54. The van der Waals surface area contributed by atoms with Crippen molar-refractivity contribution in [1.29, 1.82) is 0 Å². The Labute approximate surface area is 156 Å². The van der Waals surface area contributed by atoms with E-state index in [1.54, 1.807) is 6.92 Å². The minimum absolute atomic E-state index is 0.235. The first kappa shape index (κ1) is 17.5. The van der Waals surface area contributed by atoms with Gasteiger partial charge in [-0.25, -0.2) is 14.3 Å². The van der Waals surface area contributed by atoms with E-state index in [-0.39, 0.29) is 17.7 Å². The van der Waals surface area contributed by atoms with E-state index < -0.39 is 5.97 Å². The molecule has 27 heavy (non-hydrogen) atoms. The lowest BCUT2D eigenvalue weighted by Gasteiger charge is -2.24. The predicted molar refractivity (Wildman–Crippen MR) is 101 cm³/mol. The molecule has 0 bridgehead atoms. The smallest absolute Gasteiger partial charge is 0.343 e. The Morgan fingerprint density at radius 3 is 2.93 bits per heavy atom. The number of esters is 1. The lowest BCUT2D eigenvalue weighted by atomic mass is 10.0. The third-order valence-electron chi connectivity index (χ3n) is 4.96. The van der Waals surface area contributed by atoms with Gasteiger partial charge in [-0.1, -0.05) is 30.3 Å². The Morgan fingerprint density at radius 2 is 2.15 bits per heavy atom. The summed E-state index contributed by atoms with van der Waals surface area (Å²) in [6.45, 7) is 3.54. The van der Waals surface area contributed by atoms with Gasteiger partial charge in [0, 0.05) is 24.8 Å². The average Bonchev–Trinajstić information content (AvgIpc) is 3.30. The second-order valence-electron chi connectivity index (χ2n) is 6.69. The van der Waals surface area contributed by atoms with Crippen LogP contribution in [0.3, 0.4) is 0 Å². The number of ether oxygens (including phenoxy) is 1. The van der Waals surface area contributed by atoms with Gasteiger partial charge in [0.2, 0.25) is 0 Å². The number of carbonyl (C=O) groups is 1. The highest BCUT2D eigenvalue weighted by Gasteiger charge is 2.26. The SMILES string of the molecule is CCOC(=O)c1c[nH]n2c(=O)cc(CN3CCC[C@H]3c3ccccc3)nc12. The zero-order valence-electron chi connectivity index (χ0n) is 15.2. The highest BCUT2D eigenvalue weighted by molar-refractivity contribution is 5.95. The van der Waals surface area contributed by atoms with Gasteiger partial charge in [0.15, 0.2) is 5.65 Å². The molecule has 2 aromatic heterocycles. The summed E-state index contributed by atoms with van der Waals surface area (Å²) in [5, 5.41) is 2.78. The molecular weight excluding hydrogens is 344 g/mol. The molecular formula is C20H22N4O3. The van der Waals surface area contributed by atoms with Crippen molar-refractivity contribution in [3.8, 4) is 0 Å². The van der Waals surface area contributed by atoms with Gasteiger partial charge < -0.3 is 4.74 Å². The molecule has 0 saturated carbocycles. The van der Waals surface area contributed by atoms with E-state index >= 15 is 0 Å². The van der Waals surface area contributed by atoms with Crippen LogP contribution in [-0.2, 0) is 11.3 Å². The van der Waals surface area contributed by atoms with Crippen molar-refractivity contribution in [1.82, 2.24) is 19.5 Å². The van der Waals surface area contributed by atoms with Crippen LogP contribution in [0.5, 0.6) is 0 Å². The number of nitrogens with one attached hydrogen (secondary N) is 1. The Kier molecular flexibility index (Phi) is 4.77. The fraction of sp³-hybridized carbons (Fsp3) is 0.350. The monoisotopic (exact) mass is 366 g/mol. The van der Waals surface area contributed by atoms with Crippen molar-refractivity contribution in [2.45, 2.75) is 32.4 Å². The normalized spacial score (nSPS) is 17.4. The summed E-state index contributed by atoms with van der Waals surface area (Å²) in [7, 11) is 0. The topological polar surface area (TPSA) is 79.7 Å². The van der Waals surface area contributed by atoms with Crippen molar-refractivity contribution in [3.63, 3.8) is 0 Å². The minimum atomic E-state index is -0.483. The van der Waals surface area contributed by atoms with Crippen molar-refractivity contribution in [3.05, 3.63) is 69.8 Å². The summed E-state index contributed by atoms with van der Waals surface area (Å²) in [4.78, 5) is 31.5. The molecule has 4 rings (SSSR count). The summed E-state index contributed by atoms with van der Waals surface area (Å²) in [6.07, 6.45) is 3.66. The molecule has 1 aromatic carbocycles. The average molecular weight is 366 g/mol. The maximum Gasteiger partial charge on any atom is 0.343 e. The van der Waals surface area contributed by atoms with Crippen molar-refractivity contribution < 1.29 is 9.53 Å². The lowest BCUT2D eigenvalue weighted by Crippen LogP contribution is -2.25. The van der Waals surface area contributed by atoms with Crippen LogP contribution in [-0.4, -0.2) is 38.6 Å². The number of H-pyrrole nitrogens is 1. The number of aromatic nitrogens is 3. The van der Waals surface area contributed by atoms with Crippen LogP contribution in [0, 0.1) is 0 Å². The quantitative estimate of drug-likeness (QED) is 0.702. The first-order chi connectivity index (χ1) is 13.2. The molecule has 1 N–H and O–H groups in total. The summed E-state index contributed by atoms with van der Waals surface area (Å²) in [6, 6.07) is 12.2. The fourth-order valence-corrected chi connectivity index (χ4v) is 3.75. The van der Waals surface area contributed by atoms with Crippen LogP contribution in [0.1, 0.15) is 47.4 Å². The number of hydrogen-bond donors (Lipinski definition) is 1. The fourth-order valence-electron chi connectivity index (χ4n) is 3.75. The molecule has 0 amide bonds. The Balaban J connectivity index is 1.65. The summed E-state index contributed by atoms with van der Waals surface area (Å²) < 4.78 is 6.33. The molecule has 1 aliphatic heterocycles. The number of fused-ring (bicyclic) bond motifs is 1. The Morgan fingerprint density at radius 1 is 1.33 bits per heavy atom. The largest absolute Gasteiger partial charge is 0.462 e. The Bertz CT molecular complexity index is 1010. The lowest BCUT2D eigenvalue weighted by molar-refractivity contribution is 0.0528. The van der Waals surface area contributed by atoms with Gasteiger partial charge in [-0.2, -0.15) is 0 Å². The molecule has 0 radical (unpaired) electrons. The number of hydrogen-bond acceptors (Lipinski definition) is 5. The molecule has 0 spiro atoms. The van der Waals surface area contributed by atoms with Crippen LogP contribution in [0.15, 0.2) is 47.4 Å². The van der Waals surface area contributed by atoms with Gasteiger partial charge in [0.05, 0.1) is 12.3 Å². The highest BCUT2D eigenvalue weighted by atomic mass is 16.5. The van der Waals surface area contributed by atoms with Gasteiger partial charge in [-0.3, -0.25) is 14.8 Å². The molecule has 7 heteroatoms. The molecule has 3 heterocycles. The van der Waals surface area contributed by atoms with Gasteiger partial charge in [0.25, 0.3) is 5.56 Å². The summed E-state index contributed by atoms with van der Waals surface area (Å²) >= 11 is 0. The van der Waals surface area contributed by atoms with Crippen molar-refractivity contribution >= 4 is 11.6 Å². The number of aromatic amines is 1. The van der Waals surface area contributed by atoms with Crippen LogP contribution in [0.4, 0.5) is 0 Å². The standard InChI is InChI=1S/C20H22N4O3/c1-2-27-20(26)16-12-21-24-18(25)11-15(22-19(16)24)13-23-10-6-9-17(23)14-7-4-3-5-8-14/h3-5,7-8,11-12,17,21H,2,6,9-10,13H2,1H3/t17-/m0/s1. The van der Waals surface area contributed by atoms with E-state index in [9.17, 15) is 9.59 Å². The van der Waals surface area contributed by atoms with Gasteiger partial charge in [-0.15, -0.1) is 0 Å².